The molecule has 0 radical (unpaired) electrons. The average Bonchev–Trinajstić information content (AvgIpc) is 3.34. The first-order valence-electron chi connectivity index (χ1n) is 10.6. The molecule has 0 aliphatic carbocycles. The number of carbonyl (C=O) groups excluding carboxylic acids is 2. The van der Waals surface area contributed by atoms with Crippen molar-refractivity contribution >= 4 is 23.8 Å². The summed E-state index contributed by atoms with van der Waals surface area (Å²) in [5.41, 5.74) is 2.55. The molecule has 7 nitrogen and oxygen atoms in total. The molecule has 4 rings (SSSR count). The van der Waals surface area contributed by atoms with Gasteiger partial charge in [-0.2, -0.15) is 13.9 Å². The molecule has 1 unspecified atom stereocenters. The third-order valence-electron chi connectivity index (χ3n) is 5.56. The van der Waals surface area contributed by atoms with Gasteiger partial charge in [-0.3, -0.25) is 9.59 Å². The Hall–Kier alpha value is -3.14. The lowest BCUT2D eigenvalue weighted by Gasteiger charge is -2.39. The number of nitrogens with zero attached hydrogens (tertiary/aromatic N) is 4. The topological polar surface area (TPSA) is 67.7 Å². The quantitative estimate of drug-likeness (QED) is 0.427. The molecule has 2 aliphatic rings. The van der Waals surface area contributed by atoms with Crippen LogP contribution in [0.2, 0.25) is 0 Å². The normalized spacial score (nSPS) is 17.0. The molecular formula is C23H24F2N4O3S. The zero-order valence-corrected chi connectivity index (χ0v) is 19.1. The summed E-state index contributed by atoms with van der Waals surface area (Å²) in [5, 5.41) is 4.57. The Balaban J connectivity index is 1.43. The molecule has 10 heteroatoms. The fourth-order valence-corrected chi connectivity index (χ4v) is 4.68. The lowest BCUT2D eigenvalue weighted by Crippen LogP contribution is -2.56. The number of likely N-dealkylation sites (tertiary alicyclic amines) is 1. The van der Waals surface area contributed by atoms with Gasteiger partial charge in [-0.1, -0.05) is 18.2 Å². The largest absolute Gasteiger partial charge is 0.435 e. The number of amides is 2. The van der Waals surface area contributed by atoms with E-state index in [0.717, 1.165) is 21.7 Å². The van der Waals surface area contributed by atoms with Gasteiger partial charge >= 0.3 is 6.61 Å². The third-order valence-corrected chi connectivity index (χ3v) is 6.42. The van der Waals surface area contributed by atoms with Crippen molar-refractivity contribution in [1.29, 1.82) is 0 Å². The van der Waals surface area contributed by atoms with Crippen LogP contribution in [0.5, 0.6) is 5.75 Å². The fourth-order valence-electron chi connectivity index (χ4n) is 3.89. The van der Waals surface area contributed by atoms with Crippen LogP contribution >= 0.6 is 11.9 Å². The second kappa shape index (κ2) is 9.78. The van der Waals surface area contributed by atoms with Crippen LogP contribution in [0, 0.1) is 0 Å². The van der Waals surface area contributed by atoms with Crippen molar-refractivity contribution in [1.82, 2.24) is 19.0 Å². The molecule has 33 heavy (non-hydrogen) atoms. The van der Waals surface area contributed by atoms with Gasteiger partial charge in [-0.25, -0.2) is 4.09 Å². The second-order valence-corrected chi connectivity index (χ2v) is 8.70. The van der Waals surface area contributed by atoms with Crippen LogP contribution in [0.4, 0.5) is 8.78 Å². The van der Waals surface area contributed by atoms with E-state index in [-0.39, 0.29) is 17.6 Å². The number of benzene rings is 1. The smallest absolute Gasteiger partial charge is 0.387 e. The molecule has 1 fully saturated rings. The first kappa shape index (κ1) is 23.0. The van der Waals surface area contributed by atoms with Crippen molar-refractivity contribution in [2.24, 2.45) is 0 Å². The first-order valence-corrected chi connectivity index (χ1v) is 11.3. The maximum Gasteiger partial charge on any atom is 0.387 e. The molecule has 174 valence electrons. The molecule has 2 amide bonds. The van der Waals surface area contributed by atoms with Crippen molar-refractivity contribution in [3.05, 3.63) is 65.5 Å². The van der Waals surface area contributed by atoms with Crippen LogP contribution in [-0.4, -0.2) is 50.0 Å². The van der Waals surface area contributed by atoms with E-state index in [0.29, 0.717) is 26.1 Å². The van der Waals surface area contributed by atoms with E-state index < -0.39 is 12.7 Å². The number of halogens is 2. The van der Waals surface area contributed by atoms with Gasteiger partial charge in [0.05, 0.1) is 12.2 Å². The number of ether oxygens (including phenoxy) is 1. The van der Waals surface area contributed by atoms with Gasteiger partial charge < -0.3 is 14.5 Å². The number of rotatable bonds is 8. The summed E-state index contributed by atoms with van der Waals surface area (Å²) in [5.74, 6) is -0.0260. The Morgan fingerprint density at radius 1 is 1.21 bits per heavy atom. The van der Waals surface area contributed by atoms with E-state index >= 15 is 0 Å². The summed E-state index contributed by atoms with van der Waals surface area (Å²) in [6.45, 7) is 2.26. The van der Waals surface area contributed by atoms with Crippen molar-refractivity contribution in [3.63, 3.8) is 0 Å². The maximum absolute atomic E-state index is 13.4. The Kier molecular flexibility index (Phi) is 6.83. The molecule has 2 aromatic rings. The van der Waals surface area contributed by atoms with Crippen LogP contribution in [-0.2, 0) is 22.7 Å². The lowest BCUT2D eigenvalue weighted by atomic mass is 9.99. The molecule has 3 heterocycles. The highest BCUT2D eigenvalue weighted by Crippen LogP contribution is 2.30. The van der Waals surface area contributed by atoms with Crippen molar-refractivity contribution < 1.29 is 23.1 Å². The zero-order chi connectivity index (χ0) is 23.5. The number of fused-ring (bicyclic) bond motifs is 1. The highest BCUT2D eigenvalue weighted by Gasteiger charge is 2.40. The number of hydrogen-bond acceptors (Lipinski definition) is 5. The molecule has 1 aromatic heterocycles. The number of β-lactam (4-membered cyclic amide) rings is 1. The fraction of sp³-hybridized carbons (Fsp3) is 0.348. The monoisotopic (exact) mass is 474 g/mol. The molecular weight excluding hydrogens is 450 g/mol. The van der Waals surface area contributed by atoms with Gasteiger partial charge in [0.1, 0.15) is 11.8 Å². The van der Waals surface area contributed by atoms with Crippen LogP contribution in [0.3, 0.4) is 0 Å². The van der Waals surface area contributed by atoms with Crippen LogP contribution in [0.15, 0.2) is 59.2 Å². The minimum Gasteiger partial charge on any atom is -0.435 e. The van der Waals surface area contributed by atoms with Crippen molar-refractivity contribution in [2.75, 3.05) is 6.54 Å². The maximum atomic E-state index is 13.4. The minimum atomic E-state index is -2.86. The minimum absolute atomic E-state index is 0.0132. The molecule has 0 N–H and O–H groups in total. The van der Waals surface area contributed by atoms with E-state index in [1.54, 1.807) is 26.0 Å². The molecule has 1 saturated heterocycles. The highest BCUT2D eigenvalue weighted by molar-refractivity contribution is 7.97. The summed E-state index contributed by atoms with van der Waals surface area (Å²) in [6.07, 6.45) is 7.95. The first-order chi connectivity index (χ1) is 15.9. The number of carbonyl (C=O) groups is 2. The Morgan fingerprint density at radius 2 is 1.97 bits per heavy atom. The van der Waals surface area contributed by atoms with Gasteiger partial charge in [-0.15, -0.1) is 0 Å². The Bertz CT molecular complexity index is 1070. The van der Waals surface area contributed by atoms with Crippen LogP contribution in [0.25, 0.3) is 0 Å². The Labute approximate surface area is 194 Å². The number of aromatic nitrogens is 2. The van der Waals surface area contributed by atoms with Crippen LogP contribution < -0.4 is 4.74 Å². The lowest BCUT2D eigenvalue weighted by molar-refractivity contribution is -0.151. The predicted molar refractivity (Wildman–Crippen MR) is 119 cm³/mol. The predicted octanol–water partition coefficient (Wildman–Crippen LogP) is 4.01. The summed E-state index contributed by atoms with van der Waals surface area (Å²) >= 11 is 1.34. The van der Waals surface area contributed by atoms with E-state index in [2.05, 4.69) is 9.84 Å². The van der Waals surface area contributed by atoms with Gasteiger partial charge in [-0.05, 0) is 43.7 Å². The van der Waals surface area contributed by atoms with E-state index in [9.17, 15) is 18.4 Å². The number of hydrogen-bond donors (Lipinski definition) is 0. The van der Waals surface area contributed by atoms with Crippen molar-refractivity contribution in [2.45, 2.75) is 50.9 Å². The SMILES string of the molecule is C/C=C\C(=C/C)C(C(=O)N1Cc2cn(Sc3ccc(OC(F)F)cc3)nc2C1)N1CCC1=O. The van der Waals surface area contributed by atoms with E-state index in [1.807, 2.05) is 38.3 Å². The summed E-state index contributed by atoms with van der Waals surface area (Å²) < 4.78 is 30.6. The third kappa shape index (κ3) is 4.95. The highest BCUT2D eigenvalue weighted by atomic mass is 32.2. The Morgan fingerprint density at radius 3 is 2.52 bits per heavy atom. The molecule has 0 bridgehead atoms. The molecule has 2 aliphatic heterocycles. The molecule has 0 spiro atoms. The number of allylic oxidation sites excluding steroid dienone is 2. The van der Waals surface area contributed by atoms with Gasteiger partial charge in [0, 0.05) is 48.1 Å². The standard InChI is InChI=1S/C23H24F2N4O3S/c1-3-5-15(4-2)21(28-11-10-20(28)30)22(31)27-12-16-13-29(26-19(16)14-27)33-18-8-6-17(7-9-18)32-23(24)25/h3-9,13,21,23H,10-12,14H2,1-2H3/b5-3-,15-4+. The second-order valence-electron chi connectivity index (χ2n) is 7.67. The summed E-state index contributed by atoms with van der Waals surface area (Å²) in [6, 6.07) is 5.70. The van der Waals surface area contributed by atoms with Gasteiger partial charge in [0.2, 0.25) is 5.91 Å². The zero-order valence-electron chi connectivity index (χ0n) is 18.3. The molecule has 1 atom stereocenters. The van der Waals surface area contributed by atoms with Crippen LogP contribution in [0.1, 0.15) is 31.5 Å². The average molecular weight is 475 g/mol. The molecule has 0 saturated carbocycles. The van der Waals surface area contributed by atoms with Gasteiger partial charge in [0.15, 0.2) is 0 Å². The van der Waals surface area contributed by atoms with E-state index in [4.69, 9.17) is 0 Å². The van der Waals surface area contributed by atoms with Gasteiger partial charge in [0.25, 0.3) is 5.91 Å². The van der Waals surface area contributed by atoms with E-state index in [1.165, 1.54) is 24.1 Å². The summed E-state index contributed by atoms with van der Waals surface area (Å²) in [4.78, 5) is 29.7. The summed E-state index contributed by atoms with van der Waals surface area (Å²) in [7, 11) is 0. The number of alkyl halides is 2. The molecule has 1 aromatic carbocycles. The van der Waals surface area contributed by atoms with Crippen molar-refractivity contribution in [3.8, 4) is 5.75 Å².